The number of benzene rings is 1. The van der Waals surface area contributed by atoms with Crippen LogP contribution in [-0.2, 0) is 42.9 Å². The van der Waals surface area contributed by atoms with Crippen LogP contribution in [0, 0.1) is 34.0 Å². The Morgan fingerprint density at radius 2 is 1.54 bits per heavy atom. The van der Waals surface area contributed by atoms with Crippen molar-refractivity contribution in [3.05, 3.63) is 48.0 Å². The number of hydrogen-bond acceptors (Lipinski definition) is 16. The second-order valence-corrected chi connectivity index (χ2v) is 20.1. The summed E-state index contributed by atoms with van der Waals surface area (Å²) in [6, 6.07) is 6.67. The normalized spacial score (nSPS) is 42.6. The van der Waals surface area contributed by atoms with E-state index in [1.165, 1.54) is 6.92 Å². The molecule has 18 unspecified atom stereocenters. The average molecular weight is 920 g/mol. The van der Waals surface area contributed by atoms with Crippen molar-refractivity contribution in [1.82, 2.24) is 5.32 Å². The van der Waals surface area contributed by atoms with E-state index in [-0.39, 0.29) is 50.0 Å². The Bertz CT molecular complexity index is 1940. The standard InChI is InChI=1S/C46H65NO18/c1-21(2)15-30(50)47-32-37(64-31(51)16-26(49)24-9-7-6-8-10-24)36(65-40-35(54)34(53)33(52)23(4)61-40)27(19-48)63-39(32)62-25-17-43(5)28-12-14-45(60)20-44(28,38(55)22(45)3)13-11-29(43)46(18-25,41(56)57)42(58)59/h6-10,21,23,25-29,32-40,48-49,52-55,60H,3,11-20H2,1-2,4-5H3,(H,47,50)(H,56,57)(H,58,59). The number of carbonyl (C=O) groups excluding carboxylic acids is 2. The molecule has 18 atom stereocenters. The van der Waals surface area contributed by atoms with Crippen LogP contribution in [0.1, 0.15) is 97.1 Å². The van der Waals surface area contributed by atoms with Gasteiger partial charge in [0.1, 0.15) is 36.6 Å². The number of carboxylic acid groups (broad SMARTS) is 2. The third-order valence-electron chi connectivity index (χ3n) is 15.7. The highest BCUT2D eigenvalue weighted by Crippen LogP contribution is 2.73. The van der Waals surface area contributed by atoms with E-state index in [1.54, 1.807) is 51.1 Å². The van der Waals surface area contributed by atoms with E-state index >= 15 is 0 Å². The van der Waals surface area contributed by atoms with Gasteiger partial charge in [0.15, 0.2) is 24.1 Å². The Labute approximate surface area is 376 Å². The molecule has 1 aromatic carbocycles. The molecule has 65 heavy (non-hydrogen) atoms. The zero-order valence-electron chi connectivity index (χ0n) is 37.1. The van der Waals surface area contributed by atoms with Crippen LogP contribution >= 0.6 is 0 Å². The van der Waals surface area contributed by atoms with Gasteiger partial charge in [-0.2, -0.15) is 0 Å². The summed E-state index contributed by atoms with van der Waals surface area (Å²) in [6.45, 7) is 9.91. The molecule has 0 radical (unpaired) electrons. The zero-order valence-corrected chi connectivity index (χ0v) is 37.1. The Morgan fingerprint density at radius 3 is 2.17 bits per heavy atom. The van der Waals surface area contributed by atoms with Gasteiger partial charge in [-0.05, 0) is 79.8 Å². The maximum absolute atomic E-state index is 13.9. The first-order valence-corrected chi connectivity index (χ1v) is 22.6. The largest absolute Gasteiger partial charge is 0.480 e. The number of aliphatic hydroxyl groups is 7. The lowest BCUT2D eigenvalue weighted by Gasteiger charge is -2.64. The summed E-state index contributed by atoms with van der Waals surface area (Å²) in [4.78, 5) is 54.7. The number of rotatable bonds is 14. The van der Waals surface area contributed by atoms with Crippen molar-refractivity contribution in [2.45, 2.75) is 171 Å². The summed E-state index contributed by atoms with van der Waals surface area (Å²) in [5.41, 5.74) is -5.18. The first-order valence-electron chi connectivity index (χ1n) is 22.6. The highest BCUT2D eigenvalue weighted by Gasteiger charge is 2.74. The molecule has 1 spiro atoms. The zero-order chi connectivity index (χ0) is 47.6. The number of esters is 1. The molecule has 6 fully saturated rings. The van der Waals surface area contributed by atoms with Crippen molar-refractivity contribution in [1.29, 1.82) is 0 Å². The van der Waals surface area contributed by atoms with Gasteiger partial charge >= 0.3 is 17.9 Å². The molecule has 4 saturated carbocycles. The van der Waals surface area contributed by atoms with Crippen molar-refractivity contribution in [3.63, 3.8) is 0 Å². The molecule has 0 aromatic heterocycles. The van der Waals surface area contributed by atoms with Crippen LogP contribution in [0.4, 0.5) is 0 Å². The lowest BCUT2D eigenvalue weighted by atomic mass is 9.40. The predicted molar refractivity (Wildman–Crippen MR) is 223 cm³/mol. The van der Waals surface area contributed by atoms with Gasteiger partial charge in [0, 0.05) is 18.3 Å². The monoisotopic (exact) mass is 919 g/mol. The predicted octanol–water partition coefficient (Wildman–Crippen LogP) is 0.682. The number of aliphatic carboxylic acids is 2. The SMILES string of the molecule is C=C1C(O)C23CCC4C(C(=O)O)(C(=O)O)CC(OC5OC(CO)C(OC6OC(C)C(O)C(O)C6O)C(OC(=O)CC(O)c6ccccc6)C5NC(=O)CC(C)C)CC4(C)C2CCC1(O)C3. The smallest absolute Gasteiger partial charge is 0.321 e. The summed E-state index contributed by atoms with van der Waals surface area (Å²) >= 11 is 0. The Kier molecular flexibility index (Phi) is 14.0. The minimum absolute atomic E-state index is 0.0359. The van der Waals surface area contributed by atoms with Gasteiger partial charge < -0.3 is 75.0 Å². The quantitative estimate of drug-likeness (QED) is 0.0531. The fourth-order valence-electron chi connectivity index (χ4n) is 12.6. The molecule has 1 aromatic rings. The number of carboxylic acids is 2. The summed E-state index contributed by atoms with van der Waals surface area (Å²) in [5.74, 6) is -6.44. The highest BCUT2D eigenvalue weighted by molar-refractivity contribution is 5.99. The summed E-state index contributed by atoms with van der Waals surface area (Å²) in [5, 5.41) is 102. The van der Waals surface area contributed by atoms with E-state index in [1.807, 2.05) is 0 Å². The first-order chi connectivity index (χ1) is 30.5. The van der Waals surface area contributed by atoms with Crippen molar-refractivity contribution in [3.8, 4) is 0 Å². The molecule has 6 aliphatic rings. The van der Waals surface area contributed by atoms with E-state index in [2.05, 4.69) is 11.9 Å². The summed E-state index contributed by atoms with van der Waals surface area (Å²) < 4.78 is 31.0. The number of nitrogens with one attached hydrogen (secondary N) is 1. The van der Waals surface area contributed by atoms with E-state index in [0.29, 0.717) is 12.0 Å². The number of amides is 1. The Morgan fingerprint density at radius 1 is 0.877 bits per heavy atom. The van der Waals surface area contributed by atoms with Crippen LogP contribution in [0.2, 0.25) is 0 Å². The van der Waals surface area contributed by atoms with Crippen LogP contribution in [0.3, 0.4) is 0 Å². The Balaban J connectivity index is 1.28. The molecule has 10 N–H and O–H groups in total. The van der Waals surface area contributed by atoms with Gasteiger partial charge in [-0.3, -0.25) is 19.2 Å². The molecule has 2 saturated heterocycles. The van der Waals surface area contributed by atoms with Crippen LogP contribution in [0.25, 0.3) is 0 Å². The van der Waals surface area contributed by atoms with Gasteiger partial charge in [-0.15, -0.1) is 0 Å². The van der Waals surface area contributed by atoms with Crippen LogP contribution in [0.15, 0.2) is 42.5 Å². The number of ether oxygens (including phenoxy) is 5. The van der Waals surface area contributed by atoms with Gasteiger partial charge in [0.25, 0.3) is 0 Å². The fraction of sp³-hybridized carbons (Fsp3) is 0.739. The molecule has 19 nitrogen and oxygen atoms in total. The third kappa shape index (κ3) is 8.64. The Hall–Kier alpha value is -3.60. The molecule has 1 amide bonds. The molecule has 4 aliphatic carbocycles. The molecule has 362 valence electrons. The highest BCUT2D eigenvalue weighted by atomic mass is 16.7. The molecule has 2 bridgehead atoms. The van der Waals surface area contributed by atoms with Gasteiger partial charge in [0.2, 0.25) is 5.91 Å². The minimum atomic E-state index is -2.42. The van der Waals surface area contributed by atoms with Crippen LogP contribution in [0.5, 0.6) is 0 Å². The number of hydrogen-bond donors (Lipinski definition) is 10. The van der Waals surface area contributed by atoms with Crippen molar-refractivity contribution in [2.75, 3.05) is 6.61 Å². The van der Waals surface area contributed by atoms with Crippen molar-refractivity contribution < 1.29 is 88.8 Å². The van der Waals surface area contributed by atoms with Gasteiger partial charge in [0.05, 0.1) is 43.0 Å². The van der Waals surface area contributed by atoms with Crippen LogP contribution < -0.4 is 5.32 Å². The summed E-state index contributed by atoms with van der Waals surface area (Å²) in [7, 11) is 0. The maximum Gasteiger partial charge on any atom is 0.321 e. The molecule has 2 heterocycles. The molecule has 2 aliphatic heterocycles. The van der Waals surface area contributed by atoms with E-state index in [4.69, 9.17) is 23.7 Å². The van der Waals surface area contributed by atoms with E-state index < -0.39 is 157 Å². The topological polar surface area (TPSA) is 309 Å². The van der Waals surface area contributed by atoms with Crippen molar-refractivity contribution in [2.24, 2.45) is 34.0 Å². The maximum atomic E-state index is 13.9. The minimum Gasteiger partial charge on any atom is -0.480 e. The third-order valence-corrected chi connectivity index (χ3v) is 15.7. The number of aliphatic hydroxyl groups excluding tert-OH is 6. The second-order valence-electron chi connectivity index (χ2n) is 20.1. The summed E-state index contributed by atoms with van der Waals surface area (Å²) in [6.07, 6.45) is -18.4. The van der Waals surface area contributed by atoms with Crippen LogP contribution in [-0.4, -0.2) is 156 Å². The van der Waals surface area contributed by atoms with Gasteiger partial charge in [-0.1, -0.05) is 57.7 Å². The lowest BCUT2D eigenvalue weighted by Crippen LogP contribution is -2.69. The molecular weight excluding hydrogens is 854 g/mol. The lowest BCUT2D eigenvalue weighted by molar-refractivity contribution is -0.351. The second kappa shape index (κ2) is 18.5. The van der Waals surface area contributed by atoms with E-state index in [0.717, 1.165) is 0 Å². The average Bonchev–Trinajstić information content (AvgIpc) is 3.38. The fourth-order valence-corrected chi connectivity index (χ4v) is 12.6. The molecule has 19 heteroatoms. The number of fused-ring (bicyclic) bond motifs is 3. The molecular formula is C46H65NO18. The first kappa shape index (κ1) is 49.3. The number of carbonyl (C=O) groups is 4. The molecule has 7 rings (SSSR count). The van der Waals surface area contributed by atoms with E-state index in [9.17, 15) is 65.1 Å². The van der Waals surface area contributed by atoms with Crippen molar-refractivity contribution >= 4 is 23.8 Å². The van der Waals surface area contributed by atoms with Gasteiger partial charge in [-0.25, -0.2) is 0 Å².